The third kappa shape index (κ3) is 5.39. The number of pyridine rings is 1. The van der Waals surface area contributed by atoms with Crippen LogP contribution in [-0.4, -0.2) is 49.9 Å². The van der Waals surface area contributed by atoms with Crippen molar-refractivity contribution in [3.63, 3.8) is 0 Å². The van der Waals surface area contributed by atoms with Gasteiger partial charge in [-0.3, -0.25) is 19.6 Å². The number of amides is 2. The van der Waals surface area contributed by atoms with Gasteiger partial charge in [-0.1, -0.05) is 24.3 Å². The highest BCUT2D eigenvalue weighted by Gasteiger charge is 2.33. The lowest BCUT2D eigenvalue weighted by atomic mass is 9.87. The average Bonchev–Trinajstić information content (AvgIpc) is 3.27. The number of nitrogens with one attached hydrogen (secondary N) is 3. The number of ether oxygens (including phenoxy) is 1. The number of fused-ring (bicyclic) bond motifs is 1. The fourth-order valence-corrected chi connectivity index (χ4v) is 4.94. The molecule has 2 aromatic carbocycles. The van der Waals surface area contributed by atoms with E-state index in [1.54, 1.807) is 29.4 Å². The van der Waals surface area contributed by atoms with Crippen LogP contribution in [0.4, 0.5) is 0 Å². The molecule has 4 N–H and O–H groups in total. The average molecular weight is 516 g/mol. The van der Waals surface area contributed by atoms with Crippen molar-refractivity contribution in [3.05, 3.63) is 88.2 Å². The Labute approximate surface area is 218 Å². The molecule has 0 radical (unpaired) electrons. The number of carbonyl (C=O) groups is 2. The number of aromatic nitrogens is 3. The Kier molecular flexibility index (Phi) is 7.12. The topological polar surface area (TPSA) is 140 Å². The summed E-state index contributed by atoms with van der Waals surface area (Å²) in [5.41, 5.74) is 1.02. The Bertz CT molecular complexity index is 1500. The van der Waals surface area contributed by atoms with E-state index in [0.717, 1.165) is 22.1 Å². The molecule has 0 spiro atoms. The van der Waals surface area contributed by atoms with Crippen LogP contribution in [0.1, 0.15) is 47.4 Å². The molecule has 1 fully saturated rings. The highest BCUT2D eigenvalue weighted by atomic mass is 16.5. The summed E-state index contributed by atoms with van der Waals surface area (Å²) in [6.07, 6.45) is 4.76. The zero-order valence-corrected chi connectivity index (χ0v) is 20.9. The van der Waals surface area contributed by atoms with Crippen LogP contribution in [0.3, 0.4) is 0 Å². The fraction of sp³-hybridized carbons (Fsp3) is 0.286. The van der Waals surface area contributed by atoms with E-state index in [4.69, 9.17) is 4.74 Å². The molecular formula is C28H29N5O5. The second-order valence-corrected chi connectivity index (χ2v) is 9.47. The van der Waals surface area contributed by atoms with Crippen molar-refractivity contribution >= 4 is 22.6 Å². The van der Waals surface area contributed by atoms with E-state index >= 15 is 0 Å². The monoisotopic (exact) mass is 515 g/mol. The summed E-state index contributed by atoms with van der Waals surface area (Å²) in [6, 6.07) is 14.2. The van der Waals surface area contributed by atoms with E-state index < -0.39 is 11.7 Å². The minimum atomic E-state index is -0.626. The number of nitrogens with zero attached hydrogens (tertiary/aromatic N) is 2. The smallest absolute Gasteiger partial charge is 0.326 e. The summed E-state index contributed by atoms with van der Waals surface area (Å²) in [7, 11) is 0. The van der Waals surface area contributed by atoms with Crippen LogP contribution in [-0.2, 0) is 11.4 Å². The van der Waals surface area contributed by atoms with E-state index in [1.165, 1.54) is 6.92 Å². The van der Waals surface area contributed by atoms with Crippen molar-refractivity contribution in [2.75, 3.05) is 13.1 Å². The first-order chi connectivity index (χ1) is 18.4. The van der Waals surface area contributed by atoms with Crippen molar-refractivity contribution in [2.24, 2.45) is 5.92 Å². The molecule has 5 rings (SSSR count). The lowest BCUT2D eigenvalue weighted by Crippen LogP contribution is -2.42. The first-order valence-corrected chi connectivity index (χ1v) is 12.5. The summed E-state index contributed by atoms with van der Waals surface area (Å²) in [4.78, 5) is 47.6. The van der Waals surface area contributed by atoms with Crippen LogP contribution in [0.25, 0.3) is 10.8 Å². The molecule has 1 aliphatic heterocycles. The molecule has 196 valence electrons. The molecular weight excluding hydrogens is 486 g/mol. The van der Waals surface area contributed by atoms with Gasteiger partial charge in [0.05, 0.1) is 6.04 Å². The first kappa shape index (κ1) is 25.1. The standard InChI is InChI=1S/C28H29N5O5/c1-17(34)33-13-10-19(11-14-33)24(25-27(36)32-28(37)31-25)30-26(35)20-7-5-18(6-8-20)16-38-23-4-2-3-21-15-29-12-9-22(21)23/h2-9,12,15,19,24,36H,10-11,13-14,16H2,1H3,(H,30,35)(H2,31,32,37). The van der Waals surface area contributed by atoms with Gasteiger partial charge in [0.1, 0.15) is 18.1 Å². The predicted octanol–water partition coefficient (Wildman–Crippen LogP) is 3.27. The van der Waals surface area contributed by atoms with Crippen LogP contribution < -0.4 is 15.7 Å². The Morgan fingerprint density at radius 2 is 1.89 bits per heavy atom. The molecule has 3 heterocycles. The van der Waals surface area contributed by atoms with E-state index in [2.05, 4.69) is 20.3 Å². The van der Waals surface area contributed by atoms with E-state index in [0.29, 0.717) is 38.1 Å². The van der Waals surface area contributed by atoms with E-state index in [1.807, 2.05) is 36.4 Å². The Morgan fingerprint density at radius 3 is 2.58 bits per heavy atom. The number of carbonyl (C=O) groups excluding carboxylic acids is 2. The Balaban J connectivity index is 1.28. The maximum atomic E-state index is 13.2. The van der Waals surface area contributed by atoms with Crippen LogP contribution >= 0.6 is 0 Å². The quantitative estimate of drug-likeness (QED) is 0.298. The van der Waals surface area contributed by atoms with E-state index in [9.17, 15) is 19.5 Å². The van der Waals surface area contributed by atoms with Gasteiger partial charge in [-0.05, 0) is 48.6 Å². The normalized spacial score (nSPS) is 14.8. The SMILES string of the molecule is CC(=O)N1CCC(C(NC(=O)c2ccc(COc3cccc4cnccc34)cc2)c2[nH]c(=O)[nH]c2O)CC1. The number of aromatic amines is 2. The molecule has 0 aliphatic carbocycles. The van der Waals surface area contributed by atoms with Crippen LogP contribution in [0.15, 0.2) is 65.7 Å². The molecule has 10 nitrogen and oxygen atoms in total. The maximum absolute atomic E-state index is 13.2. The molecule has 1 unspecified atom stereocenters. The summed E-state index contributed by atoms with van der Waals surface area (Å²) < 4.78 is 6.03. The lowest BCUT2D eigenvalue weighted by Gasteiger charge is -2.35. The molecule has 0 saturated carbocycles. The van der Waals surface area contributed by atoms with Crippen LogP contribution in [0.2, 0.25) is 0 Å². The van der Waals surface area contributed by atoms with Gasteiger partial charge in [-0.2, -0.15) is 0 Å². The molecule has 0 bridgehead atoms. The Hall–Kier alpha value is -4.60. The molecule has 38 heavy (non-hydrogen) atoms. The second-order valence-electron chi connectivity index (χ2n) is 9.47. The molecule has 2 aromatic heterocycles. The summed E-state index contributed by atoms with van der Waals surface area (Å²) in [6.45, 7) is 2.95. The van der Waals surface area contributed by atoms with Gasteiger partial charge in [0.2, 0.25) is 11.8 Å². The van der Waals surface area contributed by atoms with Gasteiger partial charge >= 0.3 is 5.69 Å². The number of hydrogen-bond donors (Lipinski definition) is 4. The molecule has 4 aromatic rings. The number of benzene rings is 2. The van der Waals surface area contributed by atoms with Gasteiger partial charge in [0, 0.05) is 48.7 Å². The van der Waals surface area contributed by atoms with Gasteiger partial charge < -0.3 is 25.0 Å². The number of piperidine rings is 1. The number of imidazole rings is 1. The maximum Gasteiger partial charge on any atom is 0.326 e. The lowest BCUT2D eigenvalue weighted by molar-refractivity contribution is -0.130. The van der Waals surface area contributed by atoms with Crippen molar-refractivity contribution in [2.45, 2.75) is 32.4 Å². The number of H-pyrrole nitrogens is 2. The van der Waals surface area contributed by atoms with Crippen LogP contribution in [0, 0.1) is 5.92 Å². The molecule has 2 amide bonds. The minimum Gasteiger partial charge on any atom is -0.493 e. The number of rotatable bonds is 7. The van der Waals surface area contributed by atoms with Crippen molar-refractivity contribution < 1.29 is 19.4 Å². The molecule has 10 heteroatoms. The van der Waals surface area contributed by atoms with Gasteiger partial charge in [-0.25, -0.2) is 4.79 Å². The zero-order valence-electron chi connectivity index (χ0n) is 20.9. The predicted molar refractivity (Wildman–Crippen MR) is 141 cm³/mol. The number of aromatic hydroxyl groups is 1. The van der Waals surface area contributed by atoms with Crippen molar-refractivity contribution in [3.8, 4) is 11.6 Å². The van der Waals surface area contributed by atoms with Crippen molar-refractivity contribution in [1.82, 2.24) is 25.2 Å². The third-order valence-corrected chi connectivity index (χ3v) is 7.04. The number of likely N-dealkylation sites (tertiary alicyclic amines) is 1. The second kappa shape index (κ2) is 10.8. The molecule has 1 saturated heterocycles. The summed E-state index contributed by atoms with van der Waals surface area (Å²) >= 11 is 0. The summed E-state index contributed by atoms with van der Waals surface area (Å²) in [5.74, 6) is 0.0510. The molecule has 1 atom stereocenters. The zero-order chi connectivity index (χ0) is 26.6. The highest BCUT2D eigenvalue weighted by molar-refractivity contribution is 5.94. The Morgan fingerprint density at radius 1 is 1.13 bits per heavy atom. The highest BCUT2D eigenvalue weighted by Crippen LogP contribution is 2.33. The fourth-order valence-electron chi connectivity index (χ4n) is 4.94. The van der Waals surface area contributed by atoms with Crippen molar-refractivity contribution in [1.29, 1.82) is 0 Å². The van der Waals surface area contributed by atoms with Gasteiger partial charge in [0.15, 0.2) is 0 Å². The van der Waals surface area contributed by atoms with E-state index in [-0.39, 0.29) is 29.3 Å². The van der Waals surface area contributed by atoms with Gasteiger partial charge in [0.25, 0.3) is 5.91 Å². The summed E-state index contributed by atoms with van der Waals surface area (Å²) in [5, 5.41) is 15.2. The third-order valence-electron chi connectivity index (χ3n) is 7.04. The minimum absolute atomic E-state index is 0.00321. The van der Waals surface area contributed by atoms with Crippen LogP contribution in [0.5, 0.6) is 11.6 Å². The molecule has 1 aliphatic rings. The largest absolute Gasteiger partial charge is 0.493 e. The van der Waals surface area contributed by atoms with Gasteiger partial charge in [-0.15, -0.1) is 0 Å². The first-order valence-electron chi connectivity index (χ1n) is 12.5. The number of hydrogen-bond acceptors (Lipinski definition) is 6.